The Morgan fingerprint density at radius 1 is 1.25 bits per heavy atom. The second-order valence-corrected chi connectivity index (χ2v) is 5.10. The number of nitrogens with one attached hydrogen (secondary N) is 1. The van der Waals surface area contributed by atoms with Crippen LogP contribution >= 0.6 is 12.4 Å². The van der Waals surface area contributed by atoms with Crippen molar-refractivity contribution in [3.8, 4) is 0 Å². The molecular formula is C12H25ClN2O. The average Bonchev–Trinajstić information content (AvgIpc) is 2.18. The summed E-state index contributed by atoms with van der Waals surface area (Å²) in [7, 11) is 0. The van der Waals surface area contributed by atoms with Crippen LogP contribution in [0.3, 0.4) is 0 Å². The van der Waals surface area contributed by atoms with Crippen LogP contribution < -0.4 is 11.1 Å². The molecule has 0 spiro atoms. The van der Waals surface area contributed by atoms with Crippen molar-refractivity contribution in [3.63, 3.8) is 0 Å². The summed E-state index contributed by atoms with van der Waals surface area (Å²) >= 11 is 0. The van der Waals surface area contributed by atoms with E-state index in [1.165, 1.54) is 19.3 Å². The first kappa shape index (κ1) is 15.7. The minimum absolute atomic E-state index is 0. The predicted octanol–water partition coefficient (Wildman–Crippen LogP) is 2.09. The number of carbonyl (C=O) groups excluding carboxylic acids is 1. The van der Waals surface area contributed by atoms with Crippen molar-refractivity contribution in [2.24, 2.45) is 17.6 Å². The molecular weight excluding hydrogens is 224 g/mol. The second-order valence-electron chi connectivity index (χ2n) is 5.10. The zero-order valence-electron chi connectivity index (χ0n) is 10.5. The first-order valence-corrected chi connectivity index (χ1v) is 6.08. The van der Waals surface area contributed by atoms with Crippen LogP contribution in [0.4, 0.5) is 0 Å². The minimum Gasteiger partial charge on any atom is -0.352 e. The molecule has 1 saturated carbocycles. The zero-order chi connectivity index (χ0) is 11.4. The fourth-order valence-corrected chi connectivity index (χ4v) is 2.45. The molecule has 1 fully saturated rings. The number of amides is 1. The van der Waals surface area contributed by atoms with E-state index in [4.69, 9.17) is 5.73 Å². The molecule has 0 bridgehead atoms. The van der Waals surface area contributed by atoms with E-state index in [1.54, 1.807) is 6.92 Å². The summed E-state index contributed by atoms with van der Waals surface area (Å²) in [5.41, 5.74) is 5.56. The predicted molar refractivity (Wildman–Crippen MR) is 69.6 cm³/mol. The molecule has 0 heterocycles. The Labute approximate surface area is 105 Å². The first-order valence-electron chi connectivity index (χ1n) is 6.08. The summed E-state index contributed by atoms with van der Waals surface area (Å²) in [5.74, 6) is 1.26. The van der Waals surface area contributed by atoms with Crippen molar-refractivity contribution in [2.75, 3.05) is 0 Å². The molecule has 3 atom stereocenters. The number of nitrogens with two attached hydrogens (primary N) is 1. The van der Waals surface area contributed by atoms with Gasteiger partial charge in [-0.1, -0.05) is 26.7 Å². The molecule has 0 radical (unpaired) electrons. The quantitative estimate of drug-likeness (QED) is 0.804. The monoisotopic (exact) mass is 248 g/mol. The van der Waals surface area contributed by atoms with Crippen LogP contribution in [0.5, 0.6) is 0 Å². The van der Waals surface area contributed by atoms with Gasteiger partial charge in [0.05, 0.1) is 6.04 Å². The van der Waals surface area contributed by atoms with Gasteiger partial charge in [-0.2, -0.15) is 0 Å². The van der Waals surface area contributed by atoms with Gasteiger partial charge in [-0.05, 0) is 31.6 Å². The lowest BCUT2D eigenvalue weighted by molar-refractivity contribution is -0.123. The van der Waals surface area contributed by atoms with E-state index >= 15 is 0 Å². The Balaban J connectivity index is 0.00000225. The largest absolute Gasteiger partial charge is 0.352 e. The SMILES string of the molecule is CC(C)C1CCCCC1NC(=O)[C@H](C)N.Cl. The fourth-order valence-electron chi connectivity index (χ4n) is 2.45. The van der Waals surface area contributed by atoms with Gasteiger partial charge >= 0.3 is 0 Å². The van der Waals surface area contributed by atoms with Crippen LogP contribution in [-0.4, -0.2) is 18.0 Å². The van der Waals surface area contributed by atoms with Crippen molar-refractivity contribution in [3.05, 3.63) is 0 Å². The molecule has 96 valence electrons. The third-order valence-corrected chi connectivity index (χ3v) is 3.42. The number of rotatable bonds is 3. The van der Waals surface area contributed by atoms with E-state index in [1.807, 2.05) is 0 Å². The Bertz CT molecular complexity index is 219. The van der Waals surface area contributed by atoms with Gasteiger partial charge in [-0.25, -0.2) is 0 Å². The average molecular weight is 249 g/mol. The molecule has 0 aliphatic heterocycles. The van der Waals surface area contributed by atoms with E-state index in [0.29, 0.717) is 17.9 Å². The maximum atomic E-state index is 11.5. The highest BCUT2D eigenvalue weighted by Gasteiger charge is 2.28. The molecule has 0 aromatic carbocycles. The molecule has 2 unspecified atom stereocenters. The molecule has 3 N–H and O–H groups in total. The van der Waals surface area contributed by atoms with Gasteiger partial charge in [0.15, 0.2) is 0 Å². The van der Waals surface area contributed by atoms with E-state index < -0.39 is 0 Å². The minimum atomic E-state index is -0.389. The molecule has 1 amide bonds. The lowest BCUT2D eigenvalue weighted by atomic mass is 9.78. The Morgan fingerprint density at radius 3 is 2.31 bits per heavy atom. The van der Waals surface area contributed by atoms with Crippen LogP contribution in [0.2, 0.25) is 0 Å². The third kappa shape index (κ3) is 4.30. The normalized spacial score (nSPS) is 27.1. The van der Waals surface area contributed by atoms with Crippen LogP contribution in [0, 0.1) is 11.8 Å². The maximum Gasteiger partial charge on any atom is 0.236 e. The smallest absolute Gasteiger partial charge is 0.236 e. The lowest BCUT2D eigenvalue weighted by Gasteiger charge is -2.35. The van der Waals surface area contributed by atoms with Crippen molar-refractivity contribution in [2.45, 2.75) is 58.5 Å². The van der Waals surface area contributed by atoms with Crippen LogP contribution in [-0.2, 0) is 4.79 Å². The molecule has 0 saturated heterocycles. The Morgan fingerprint density at radius 2 is 1.81 bits per heavy atom. The van der Waals surface area contributed by atoms with Gasteiger partial charge in [0.25, 0.3) is 0 Å². The van der Waals surface area contributed by atoms with E-state index in [2.05, 4.69) is 19.2 Å². The number of carbonyl (C=O) groups is 1. The highest BCUT2D eigenvalue weighted by atomic mass is 35.5. The van der Waals surface area contributed by atoms with E-state index in [-0.39, 0.29) is 24.4 Å². The summed E-state index contributed by atoms with van der Waals surface area (Å²) in [6.45, 7) is 6.21. The maximum absolute atomic E-state index is 11.5. The molecule has 4 heteroatoms. The Kier molecular flexibility index (Phi) is 7.00. The molecule has 0 aromatic rings. The van der Waals surface area contributed by atoms with Crippen molar-refractivity contribution >= 4 is 18.3 Å². The van der Waals surface area contributed by atoms with E-state index in [0.717, 1.165) is 6.42 Å². The highest BCUT2D eigenvalue weighted by molar-refractivity contribution is 5.85. The van der Waals surface area contributed by atoms with Crippen molar-refractivity contribution < 1.29 is 4.79 Å². The van der Waals surface area contributed by atoms with Gasteiger partial charge in [-0.15, -0.1) is 12.4 Å². The summed E-state index contributed by atoms with van der Waals surface area (Å²) in [6, 6.07) is -0.0445. The number of hydrogen-bond donors (Lipinski definition) is 2. The van der Waals surface area contributed by atoms with Crippen LogP contribution in [0.1, 0.15) is 46.5 Å². The van der Waals surface area contributed by atoms with Gasteiger partial charge < -0.3 is 11.1 Å². The third-order valence-electron chi connectivity index (χ3n) is 3.42. The van der Waals surface area contributed by atoms with Crippen LogP contribution in [0.15, 0.2) is 0 Å². The molecule has 16 heavy (non-hydrogen) atoms. The summed E-state index contributed by atoms with van der Waals surface area (Å²) in [4.78, 5) is 11.5. The summed E-state index contributed by atoms with van der Waals surface area (Å²) < 4.78 is 0. The van der Waals surface area contributed by atoms with Gasteiger partial charge in [0.1, 0.15) is 0 Å². The topological polar surface area (TPSA) is 55.1 Å². The number of hydrogen-bond acceptors (Lipinski definition) is 2. The lowest BCUT2D eigenvalue weighted by Crippen LogP contribution is -2.49. The van der Waals surface area contributed by atoms with Crippen LogP contribution in [0.25, 0.3) is 0 Å². The highest BCUT2D eigenvalue weighted by Crippen LogP contribution is 2.30. The van der Waals surface area contributed by atoms with Gasteiger partial charge in [-0.3, -0.25) is 4.79 Å². The zero-order valence-corrected chi connectivity index (χ0v) is 11.3. The fraction of sp³-hybridized carbons (Fsp3) is 0.917. The van der Waals surface area contributed by atoms with Gasteiger partial charge in [0, 0.05) is 6.04 Å². The summed E-state index contributed by atoms with van der Waals surface area (Å²) in [5, 5.41) is 3.09. The molecule has 1 aliphatic rings. The first-order chi connectivity index (χ1) is 7.02. The summed E-state index contributed by atoms with van der Waals surface area (Å²) in [6.07, 6.45) is 4.88. The number of halogens is 1. The molecule has 3 nitrogen and oxygen atoms in total. The molecule has 0 aromatic heterocycles. The Hall–Kier alpha value is -0.280. The van der Waals surface area contributed by atoms with E-state index in [9.17, 15) is 4.79 Å². The molecule has 1 aliphatic carbocycles. The van der Waals surface area contributed by atoms with Crippen molar-refractivity contribution in [1.29, 1.82) is 0 Å². The van der Waals surface area contributed by atoms with Crippen molar-refractivity contribution in [1.82, 2.24) is 5.32 Å². The van der Waals surface area contributed by atoms with Gasteiger partial charge in [0.2, 0.25) is 5.91 Å². The molecule has 1 rings (SSSR count). The standard InChI is InChI=1S/C12H24N2O.ClH/c1-8(2)10-6-4-5-7-11(10)14-12(15)9(3)13;/h8-11H,4-7,13H2,1-3H3,(H,14,15);1H/t9-,10?,11?;/m0./s1. The second kappa shape index (κ2) is 7.13.